The molecule has 3 rings (SSSR count). The van der Waals surface area contributed by atoms with E-state index in [1.807, 2.05) is 25.2 Å². The van der Waals surface area contributed by atoms with E-state index in [2.05, 4.69) is 27.6 Å². The quantitative estimate of drug-likeness (QED) is 0.771. The van der Waals surface area contributed by atoms with Gasteiger partial charge in [0.2, 0.25) is 11.7 Å². The maximum atomic E-state index is 5.30. The summed E-state index contributed by atoms with van der Waals surface area (Å²) in [5.74, 6) is 1.15. The molecule has 5 heteroatoms. The highest BCUT2D eigenvalue weighted by Gasteiger charge is 2.15. The zero-order valence-corrected chi connectivity index (χ0v) is 11.1. The fourth-order valence-corrected chi connectivity index (χ4v) is 2.09. The SMILES string of the molecule is CNC(Cc1nc(-c2ccoc2)no1)c1ccccc1. The lowest BCUT2D eigenvalue weighted by Gasteiger charge is -2.13. The molecule has 5 nitrogen and oxygen atoms in total. The molecule has 0 bridgehead atoms. The van der Waals surface area contributed by atoms with Crippen molar-refractivity contribution in [2.24, 2.45) is 0 Å². The van der Waals surface area contributed by atoms with E-state index in [4.69, 9.17) is 8.94 Å². The highest BCUT2D eigenvalue weighted by Crippen LogP contribution is 2.20. The van der Waals surface area contributed by atoms with Crippen molar-refractivity contribution in [3.63, 3.8) is 0 Å². The summed E-state index contributed by atoms with van der Waals surface area (Å²) in [4.78, 5) is 4.39. The number of likely N-dealkylation sites (N-methyl/N-ethyl adjacent to an activating group) is 1. The van der Waals surface area contributed by atoms with Gasteiger partial charge in [0.25, 0.3) is 0 Å². The lowest BCUT2D eigenvalue weighted by atomic mass is 10.0. The Balaban J connectivity index is 1.77. The predicted molar refractivity (Wildman–Crippen MR) is 73.9 cm³/mol. The molecule has 102 valence electrons. The number of nitrogens with one attached hydrogen (secondary N) is 1. The molecule has 1 N–H and O–H groups in total. The lowest BCUT2D eigenvalue weighted by molar-refractivity contribution is 0.363. The van der Waals surface area contributed by atoms with Crippen LogP contribution in [0, 0.1) is 0 Å². The van der Waals surface area contributed by atoms with Crippen LogP contribution < -0.4 is 5.32 Å². The molecule has 0 aliphatic carbocycles. The van der Waals surface area contributed by atoms with Crippen LogP contribution in [-0.2, 0) is 6.42 Å². The van der Waals surface area contributed by atoms with Gasteiger partial charge in [-0.15, -0.1) is 0 Å². The van der Waals surface area contributed by atoms with Crippen molar-refractivity contribution < 1.29 is 8.94 Å². The smallest absolute Gasteiger partial charge is 0.228 e. The van der Waals surface area contributed by atoms with Crippen molar-refractivity contribution >= 4 is 0 Å². The van der Waals surface area contributed by atoms with Crippen LogP contribution in [0.15, 0.2) is 57.9 Å². The van der Waals surface area contributed by atoms with Gasteiger partial charge in [-0.25, -0.2) is 0 Å². The molecule has 3 aromatic rings. The van der Waals surface area contributed by atoms with Gasteiger partial charge in [-0.3, -0.25) is 0 Å². The molecule has 0 aliphatic heterocycles. The summed E-state index contributed by atoms with van der Waals surface area (Å²) in [7, 11) is 1.92. The summed E-state index contributed by atoms with van der Waals surface area (Å²) >= 11 is 0. The largest absolute Gasteiger partial charge is 0.472 e. The average Bonchev–Trinajstić information content (AvgIpc) is 3.16. The second kappa shape index (κ2) is 5.71. The molecule has 1 atom stereocenters. The Morgan fingerprint density at radius 2 is 2.05 bits per heavy atom. The van der Waals surface area contributed by atoms with Gasteiger partial charge in [0, 0.05) is 12.5 Å². The zero-order chi connectivity index (χ0) is 13.8. The normalized spacial score (nSPS) is 12.4. The molecule has 0 amide bonds. The van der Waals surface area contributed by atoms with Crippen molar-refractivity contribution in [1.82, 2.24) is 15.5 Å². The summed E-state index contributed by atoms with van der Waals surface area (Å²) in [6, 6.07) is 12.1. The van der Waals surface area contributed by atoms with Crippen molar-refractivity contribution in [2.75, 3.05) is 7.05 Å². The first-order valence-corrected chi connectivity index (χ1v) is 6.44. The van der Waals surface area contributed by atoms with Crippen LogP contribution in [0.25, 0.3) is 11.4 Å². The van der Waals surface area contributed by atoms with Crippen LogP contribution in [0.3, 0.4) is 0 Å². The van der Waals surface area contributed by atoms with Gasteiger partial charge in [-0.1, -0.05) is 35.5 Å². The Hall–Kier alpha value is -2.40. The van der Waals surface area contributed by atoms with E-state index in [0.29, 0.717) is 18.1 Å². The molecule has 0 spiro atoms. The molecular weight excluding hydrogens is 254 g/mol. The third kappa shape index (κ3) is 2.62. The molecule has 2 heterocycles. The van der Waals surface area contributed by atoms with Crippen molar-refractivity contribution in [3.8, 4) is 11.4 Å². The van der Waals surface area contributed by atoms with Gasteiger partial charge in [0.1, 0.15) is 6.26 Å². The number of hydrogen-bond acceptors (Lipinski definition) is 5. The summed E-state index contributed by atoms with van der Waals surface area (Å²) in [6.07, 6.45) is 3.83. The number of furan rings is 1. The Kier molecular flexibility index (Phi) is 3.60. The molecule has 0 saturated heterocycles. The monoisotopic (exact) mass is 269 g/mol. The second-order valence-electron chi connectivity index (χ2n) is 4.48. The number of rotatable bonds is 5. The maximum Gasteiger partial charge on any atom is 0.228 e. The third-order valence-corrected chi connectivity index (χ3v) is 3.18. The Morgan fingerprint density at radius 3 is 2.75 bits per heavy atom. The van der Waals surface area contributed by atoms with Crippen LogP contribution in [0.2, 0.25) is 0 Å². The molecule has 0 radical (unpaired) electrons. The Bertz CT molecular complexity index is 647. The Morgan fingerprint density at radius 1 is 1.20 bits per heavy atom. The summed E-state index contributed by atoms with van der Waals surface area (Å²) < 4.78 is 10.3. The van der Waals surface area contributed by atoms with Crippen molar-refractivity contribution in [2.45, 2.75) is 12.5 Å². The molecule has 20 heavy (non-hydrogen) atoms. The van der Waals surface area contributed by atoms with Gasteiger partial charge < -0.3 is 14.3 Å². The molecule has 1 aromatic carbocycles. The predicted octanol–water partition coefficient (Wildman–Crippen LogP) is 2.83. The molecule has 0 fully saturated rings. The second-order valence-corrected chi connectivity index (χ2v) is 4.48. The first-order chi connectivity index (χ1) is 9.86. The minimum atomic E-state index is 0.147. The van der Waals surface area contributed by atoms with Crippen molar-refractivity contribution in [1.29, 1.82) is 0 Å². The molecule has 0 aliphatic rings. The van der Waals surface area contributed by atoms with Gasteiger partial charge in [-0.05, 0) is 18.7 Å². The van der Waals surface area contributed by atoms with Crippen LogP contribution in [-0.4, -0.2) is 17.2 Å². The number of hydrogen-bond donors (Lipinski definition) is 1. The lowest BCUT2D eigenvalue weighted by Crippen LogP contribution is -2.18. The fourth-order valence-electron chi connectivity index (χ4n) is 2.09. The van der Waals surface area contributed by atoms with Gasteiger partial charge in [0.15, 0.2) is 0 Å². The summed E-state index contributed by atoms with van der Waals surface area (Å²) in [6.45, 7) is 0. The minimum absolute atomic E-state index is 0.147. The standard InChI is InChI=1S/C15H15N3O2/c1-16-13(11-5-3-2-4-6-11)9-14-17-15(18-20-14)12-7-8-19-10-12/h2-8,10,13,16H,9H2,1H3. The first-order valence-electron chi connectivity index (χ1n) is 6.44. The first kappa shape index (κ1) is 12.6. The van der Waals surface area contributed by atoms with E-state index in [9.17, 15) is 0 Å². The number of nitrogens with zero attached hydrogens (tertiary/aromatic N) is 2. The van der Waals surface area contributed by atoms with Crippen LogP contribution in [0.5, 0.6) is 0 Å². The number of benzene rings is 1. The van der Waals surface area contributed by atoms with E-state index in [-0.39, 0.29) is 6.04 Å². The molecule has 2 aromatic heterocycles. The van der Waals surface area contributed by atoms with Crippen molar-refractivity contribution in [3.05, 3.63) is 60.4 Å². The van der Waals surface area contributed by atoms with E-state index in [1.165, 1.54) is 5.56 Å². The molecular formula is C15H15N3O2. The average molecular weight is 269 g/mol. The molecule has 0 saturated carbocycles. The third-order valence-electron chi connectivity index (χ3n) is 3.18. The van der Waals surface area contributed by atoms with Crippen LogP contribution in [0.1, 0.15) is 17.5 Å². The van der Waals surface area contributed by atoms with Crippen LogP contribution in [0.4, 0.5) is 0 Å². The topological polar surface area (TPSA) is 64.1 Å². The number of aromatic nitrogens is 2. The summed E-state index contributed by atoms with van der Waals surface area (Å²) in [5, 5.41) is 7.23. The van der Waals surface area contributed by atoms with E-state index in [0.717, 1.165) is 5.56 Å². The molecule has 1 unspecified atom stereocenters. The Labute approximate surface area is 116 Å². The van der Waals surface area contributed by atoms with Crippen LogP contribution >= 0.6 is 0 Å². The van der Waals surface area contributed by atoms with Gasteiger partial charge in [-0.2, -0.15) is 4.98 Å². The zero-order valence-electron chi connectivity index (χ0n) is 11.1. The highest BCUT2D eigenvalue weighted by atomic mass is 16.5. The van der Waals surface area contributed by atoms with E-state index in [1.54, 1.807) is 18.6 Å². The van der Waals surface area contributed by atoms with Gasteiger partial charge in [0.05, 0.1) is 11.8 Å². The fraction of sp³-hybridized carbons (Fsp3) is 0.200. The van der Waals surface area contributed by atoms with E-state index >= 15 is 0 Å². The van der Waals surface area contributed by atoms with E-state index < -0.39 is 0 Å². The maximum absolute atomic E-state index is 5.30. The highest BCUT2D eigenvalue weighted by molar-refractivity contribution is 5.51. The minimum Gasteiger partial charge on any atom is -0.472 e. The summed E-state index contributed by atoms with van der Waals surface area (Å²) in [5.41, 5.74) is 2.01. The van der Waals surface area contributed by atoms with Gasteiger partial charge >= 0.3 is 0 Å².